The molecule has 0 aromatic heterocycles. The lowest BCUT2D eigenvalue weighted by Crippen LogP contribution is -2.38. The van der Waals surface area contributed by atoms with Crippen molar-refractivity contribution < 1.29 is 4.92 Å². The molecule has 2 aromatic rings. The van der Waals surface area contributed by atoms with Gasteiger partial charge in [-0.25, -0.2) is 0 Å². The molecule has 0 saturated carbocycles. The van der Waals surface area contributed by atoms with Crippen LogP contribution in [0.5, 0.6) is 0 Å². The quantitative estimate of drug-likeness (QED) is 0.587. The van der Waals surface area contributed by atoms with Gasteiger partial charge in [0.15, 0.2) is 0 Å². The molecule has 0 unspecified atom stereocenters. The first-order chi connectivity index (χ1) is 12.0. The third kappa shape index (κ3) is 4.63. The van der Waals surface area contributed by atoms with E-state index in [4.69, 9.17) is 23.2 Å². The van der Waals surface area contributed by atoms with E-state index in [1.807, 2.05) is 24.3 Å². The topological polar surface area (TPSA) is 58.4 Å². The van der Waals surface area contributed by atoms with Crippen LogP contribution in [0.3, 0.4) is 0 Å². The third-order valence-electron chi connectivity index (χ3n) is 4.44. The molecular formula is C18H19Cl2N3O2. The number of nitrogens with zero attached hydrogens (tertiary/aromatic N) is 2. The van der Waals surface area contributed by atoms with E-state index in [0.717, 1.165) is 38.0 Å². The van der Waals surface area contributed by atoms with Crippen LogP contribution in [0.1, 0.15) is 18.4 Å². The van der Waals surface area contributed by atoms with E-state index in [0.29, 0.717) is 15.7 Å². The van der Waals surface area contributed by atoms with Crippen molar-refractivity contribution in [2.45, 2.75) is 25.4 Å². The zero-order chi connectivity index (χ0) is 17.8. The molecule has 0 radical (unpaired) electrons. The van der Waals surface area contributed by atoms with Crippen LogP contribution in [-0.4, -0.2) is 29.0 Å². The number of likely N-dealkylation sites (tertiary alicyclic amines) is 1. The Hall–Kier alpha value is -1.82. The van der Waals surface area contributed by atoms with Crippen molar-refractivity contribution in [3.8, 4) is 0 Å². The molecule has 1 saturated heterocycles. The highest BCUT2D eigenvalue weighted by Crippen LogP contribution is 2.27. The van der Waals surface area contributed by atoms with Gasteiger partial charge in [0, 0.05) is 31.7 Å². The molecule has 25 heavy (non-hydrogen) atoms. The largest absolute Gasteiger partial charge is 0.377 e. The third-order valence-corrected chi connectivity index (χ3v) is 5.18. The van der Waals surface area contributed by atoms with Gasteiger partial charge >= 0.3 is 0 Å². The van der Waals surface area contributed by atoms with E-state index in [9.17, 15) is 10.1 Å². The molecule has 7 heteroatoms. The van der Waals surface area contributed by atoms with Gasteiger partial charge < -0.3 is 5.32 Å². The first-order valence-electron chi connectivity index (χ1n) is 8.19. The lowest BCUT2D eigenvalue weighted by atomic mass is 10.0. The minimum absolute atomic E-state index is 0.126. The summed E-state index contributed by atoms with van der Waals surface area (Å²) in [6, 6.07) is 12.8. The number of benzene rings is 2. The van der Waals surface area contributed by atoms with Crippen LogP contribution in [0, 0.1) is 10.1 Å². The van der Waals surface area contributed by atoms with E-state index in [2.05, 4.69) is 10.2 Å². The summed E-state index contributed by atoms with van der Waals surface area (Å²) >= 11 is 12.0. The Labute approximate surface area is 156 Å². The number of para-hydroxylation sites is 2. The Morgan fingerprint density at radius 1 is 1.12 bits per heavy atom. The van der Waals surface area contributed by atoms with Crippen LogP contribution in [0.25, 0.3) is 0 Å². The molecule has 3 rings (SSSR count). The first kappa shape index (κ1) is 18.0. The van der Waals surface area contributed by atoms with E-state index >= 15 is 0 Å². The number of rotatable bonds is 5. The summed E-state index contributed by atoms with van der Waals surface area (Å²) in [6.45, 7) is 2.69. The maximum atomic E-state index is 11.1. The number of nitro groups is 1. The fourth-order valence-corrected chi connectivity index (χ4v) is 3.43. The highest BCUT2D eigenvalue weighted by Gasteiger charge is 2.22. The van der Waals surface area contributed by atoms with Gasteiger partial charge in [-0.05, 0) is 36.6 Å². The Kier molecular flexibility index (Phi) is 5.78. The molecule has 1 fully saturated rings. The van der Waals surface area contributed by atoms with Crippen LogP contribution in [0.15, 0.2) is 42.5 Å². The second-order valence-corrected chi connectivity index (χ2v) is 7.03. The van der Waals surface area contributed by atoms with Crippen molar-refractivity contribution in [1.29, 1.82) is 0 Å². The van der Waals surface area contributed by atoms with Gasteiger partial charge in [-0.1, -0.05) is 41.4 Å². The molecular weight excluding hydrogens is 361 g/mol. The SMILES string of the molecule is O=[N+]([O-])c1ccccc1NC1CCN(Cc2ccc(Cl)c(Cl)c2)CC1. The average molecular weight is 380 g/mol. The van der Waals surface area contributed by atoms with Gasteiger partial charge in [-0.3, -0.25) is 15.0 Å². The minimum Gasteiger partial charge on any atom is -0.377 e. The summed E-state index contributed by atoms with van der Waals surface area (Å²) in [5.74, 6) is 0. The highest BCUT2D eigenvalue weighted by molar-refractivity contribution is 6.42. The maximum Gasteiger partial charge on any atom is 0.292 e. The standard InChI is InChI=1S/C18H19Cl2N3O2/c19-15-6-5-13(11-16(15)20)12-22-9-7-14(8-10-22)21-17-3-1-2-4-18(17)23(24)25/h1-6,11,14,21H,7-10,12H2. The summed E-state index contributed by atoms with van der Waals surface area (Å²) in [5.41, 5.74) is 1.86. The monoisotopic (exact) mass is 379 g/mol. The van der Waals surface area contributed by atoms with E-state index in [1.165, 1.54) is 6.07 Å². The van der Waals surface area contributed by atoms with Gasteiger partial charge in [0.2, 0.25) is 0 Å². The first-order valence-corrected chi connectivity index (χ1v) is 8.95. The molecule has 5 nitrogen and oxygen atoms in total. The molecule has 0 aliphatic carbocycles. The fourth-order valence-electron chi connectivity index (χ4n) is 3.11. The van der Waals surface area contributed by atoms with Crippen molar-refractivity contribution >= 4 is 34.6 Å². The fraction of sp³-hybridized carbons (Fsp3) is 0.333. The summed E-state index contributed by atoms with van der Waals surface area (Å²) in [6.07, 6.45) is 1.88. The highest BCUT2D eigenvalue weighted by atomic mass is 35.5. The summed E-state index contributed by atoms with van der Waals surface area (Å²) < 4.78 is 0. The molecule has 1 aliphatic rings. The number of anilines is 1. The normalized spacial score (nSPS) is 15.9. The summed E-state index contributed by atoms with van der Waals surface area (Å²) in [4.78, 5) is 13.1. The van der Waals surface area contributed by atoms with Crippen LogP contribution in [-0.2, 0) is 6.54 Å². The van der Waals surface area contributed by atoms with Crippen molar-refractivity contribution in [3.63, 3.8) is 0 Å². The van der Waals surface area contributed by atoms with Crippen LogP contribution in [0.4, 0.5) is 11.4 Å². The number of nitrogens with one attached hydrogen (secondary N) is 1. The molecule has 1 N–H and O–H groups in total. The molecule has 0 amide bonds. The van der Waals surface area contributed by atoms with E-state index in [-0.39, 0.29) is 16.7 Å². The van der Waals surface area contributed by atoms with E-state index < -0.39 is 0 Å². The Morgan fingerprint density at radius 2 is 1.84 bits per heavy atom. The van der Waals surface area contributed by atoms with Gasteiger partial charge in [-0.15, -0.1) is 0 Å². The number of halogens is 2. The van der Waals surface area contributed by atoms with Crippen molar-refractivity contribution in [3.05, 3.63) is 68.2 Å². The molecule has 1 heterocycles. The lowest BCUT2D eigenvalue weighted by molar-refractivity contribution is -0.384. The molecule has 2 aromatic carbocycles. The van der Waals surface area contributed by atoms with Gasteiger partial charge in [0.1, 0.15) is 5.69 Å². The zero-order valence-electron chi connectivity index (χ0n) is 13.6. The Balaban J connectivity index is 1.55. The predicted octanol–water partition coefficient (Wildman–Crippen LogP) is 4.98. The van der Waals surface area contributed by atoms with Crippen molar-refractivity contribution in [2.24, 2.45) is 0 Å². The molecule has 0 bridgehead atoms. The maximum absolute atomic E-state index is 11.1. The van der Waals surface area contributed by atoms with Gasteiger partial charge in [0.05, 0.1) is 15.0 Å². The summed E-state index contributed by atoms with van der Waals surface area (Å²) in [7, 11) is 0. The van der Waals surface area contributed by atoms with Crippen molar-refractivity contribution in [1.82, 2.24) is 4.90 Å². The summed E-state index contributed by atoms with van der Waals surface area (Å²) in [5, 5.41) is 15.6. The molecule has 132 valence electrons. The van der Waals surface area contributed by atoms with Gasteiger partial charge in [-0.2, -0.15) is 0 Å². The van der Waals surface area contributed by atoms with Crippen LogP contribution in [0.2, 0.25) is 10.0 Å². The number of hydrogen-bond donors (Lipinski definition) is 1. The van der Waals surface area contributed by atoms with Crippen LogP contribution < -0.4 is 5.32 Å². The second-order valence-electron chi connectivity index (χ2n) is 6.22. The Morgan fingerprint density at radius 3 is 2.52 bits per heavy atom. The lowest BCUT2D eigenvalue weighted by Gasteiger charge is -2.32. The number of nitro benzene ring substituents is 1. The molecule has 0 spiro atoms. The number of hydrogen-bond acceptors (Lipinski definition) is 4. The zero-order valence-corrected chi connectivity index (χ0v) is 15.1. The average Bonchev–Trinajstić information content (AvgIpc) is 2.60. The van der Waals surface area contributed by atoms with Crippen LogP contribution >= 0.6 is 23.2 Å². The molecule has 0 atom stereocenters. The van der Waals surface area contributed by atoms with Crippen molar-refractivity contribution in [2.75, 3.05) is 18.4 Å². The van der Waals surface area contributed by atoms with Gasteiger partial charge in [0.25, 0.3) is 5.69 Å². The molecule has 1 aliphatic heterocycles. The van der Waals surface area contributed by atoms with E-state index in [1.54, 1.807) is 12.1 Å². The predicted molar refractivity (Wildman–Crippen MR) is 101 cm³/mol. The Bertz CT molecular complexity index is 762. The minimum atomic E-state index is -0.345. The smallest absolute Gasteiger partial charge is 0.292 e. The number of piperidine rings is 1. The second kappa shape index (κ2) is 8.04.